The van der Waals surface area contributed by atoms with E-state index in [-0.39, 0.29) is 18.2 Å². The summed E-state index contributed by atoms with van der Waals surface area (Å²) in [7, 11) is 0. The smallest absolute Gasteiger partial charge is 0.334 e. The van der Waals surface area contributed by atoms with E-state index in [1.54, 1.807) is 47.5 Å². The molecule has 1 aromatic carbocycles. The van der Waals surface area contributed by atoms with Crippen LogP contribution in [0.15, 0.2) is 54.7 Å². The predicted molar refractivity (Wildman–Crippen MR) is 87.7 cm³/mol. The number of hydrogen-bond acceptors (Lipinski definition) is 2. The minimum Gasteiger partial charge on any atom is -0.334 e. The van der Waals surface area contributed by atoms with Crippen molar-refractivity contribution in [1.82, 2.24) is 9.88 Å². The number of amides is 1. The van der Waals surface area contributed by atoms with E-state index in [0.29, 0.717) is 5.69 Å². The molecule has 132 valence electrons. The van der Waals surface area contributed by atoms with Crippen LogP contribution < -0.4 is 0 Å². The summed E-state index contributed by atoms with van der Waals surface area (Å²) in [5.74, 6) is -2.26. The molecular weight excluding hydrogens is 329 g/mol. The van der Waals surface area contributed by atoms with Gasteiger partial charge in [-0.1, -0.05) is 36.4 Å². The van der Waals surface area contributed by atoms with Crippen LogP contribution in [0.2, 0.25) is 0 Å². The van der Waals surface area contributed by atoms with Gasteiger partial charge in [0, 0.05) is 18.7 Å². The molecule has 0 unspecified atom stereocenters. The maximum atomic E-state index is 13.5. The summed E-state index contributed by atoms with van der Waals surface area (Å²) in [6.07, 6.45) is -1.75. The Kier molecular flexibility index (Phi) is 5.06. The highest BCUT2D eigenvalue weighted by Gasteiger charge is 2.44. The van der Waals surface area contributed by atoms with Crippen molar-refractivity contribution in [2.45, 2.75) is 43.9 Å². The lowest BCUT2D eigenvalue weighted by Crippen LogP contribution is -2.36. The molecule has 1 aromatic heterocycles. The maximum Gasteiger partial charge on any atom is 0.396 e. The molecular formula is C19H19F3N2O. The van der Waals surface area contributed by atoms with Gasteiger partial charge >= 0.3 is 6.18 Å². The second-order valence-electron chi connectivity index (χ2n) is 6.28. The number of nitrogens with zero attached hydrogens (tertiary/aromatic N) is 2. The van der Waals surface area contributed by atoms with Crippen LogP contribution >= 0.6 is 0 Å². The molecule has 3 nitrogen and oxygen atoms in total. The van der Waals surface area contributed by atoms with Crippen molar-refractivity contribution in [2.75, 3.05) is 0 Å². The lowest BCUT2D eigenvalue weighted by atomic mass is 9.94. The summed E-state index contributed by atoms with van der Waals surface area (Å²) < 4.78 is 40.5. The van der Waals surface area contributed by atoms with E-state index < -0.39 is 24.4 Å². The quantitative estimate of drug-likeness (QED) is 0.779. The fourth-order valence-corrected chi connectivity index (χ4v) is 2.87. The number of alkyl halides is 3. The molecule has 3 rings (SSSR count). The zero-order valence-corrected chi connectivity index (χ0v) is 13.6. The average Bonchev–Trinajstić information content (AvgIpc) is 3.43. The highest BCUT2D eigenvalue weighted by Crippen LogP contribution is 2.39. The molecule has 0 bridgehead atoms. The number of rotatable bonds is 6. The van der Waals surface area contributed by atoms with Gasteiger partial charge in [-0.2, -0.15) is 13.2 Å². The lowest BCUT2D eigenvalue weighted by molar-refractivity contribution is -0.161. The lowest BCUT2D eigenvalue weighted by Gasteiger charge is -2.26. The van der Waals surface area contributed by atoms with Gasteiger partial charge in [0.25, 0.3) is 0 Å². The van der Waals surface area contributed by atoms with Gasteiger partial charge in [-0.3, -0.25) is 9.78 Å². The van der Waals surface area contributed by atoms with Gasteiger partial charge < -0.3 is 4.90 Å². The number of carbonyl (C=O) groups excluding carboxylic acids is 1. The molecule has 1 fully saturated rings. The third-order valence-corrected chi connectivity index (χ3v) is 4.34. The first-order chi connectivity index (χ1) is 11.9. The standard InChI is InChI=1S/C19H19F3N2O/c20-19(21,22)17(14-6-2-1-3-7-14)12-18(25)24(16-9-10-16)13-15-8-4-5-11-23-15/h1-8,11,16-17H,9-10,12-13H2/t17-/m0/s1. The summed E-state index contributed by atoms with van der Waals surface area (Å²) in [6.45, 7) is 0.254. The van der Waals surface area contributed by atoms with Crippen LogP contribution in [0.3, 0.4) is 0 Å². The van der Waals surface area contributed by atoms with Crippen molar-refractivity contribution in [3.05, 3.63) is 66.0 Å². The van der Waals surface area contributed by atoms with Gasteiger partial charge in [-0.05, 0) is 30.5 Å². The molecule has 1 saturated carbocycles. The monoisotopic (exact) mass is 348 g/mol. The molecule has 1 heterocycles. The van der Waals surface area contributed by atoms with Gasteiger partial charge in [0.15, 0.2) is 0 Å². The Morgan fingerprint density at radius 1 is 1.12 bits per heavy atom. The number of aromatic nitrogens is 1. The second kappa shape index (κ2) is 7.25. The van der Waals surface area contributed by atoms with Gasteiger partial charge in [0.2, 0.25) is 5.91 Å². The topological polar surface area (TPSA) is 33.2 Å². The number of hydrogen-bond donors (Lipinski definition) is 0. The first-order valence-corrected chi connectivity index (χ1v) is 8.26. The SMILES string of the molecule is O=C(C[C@@H](c1ccccc1)C(F)(F)F)N(Cc1ccccn1)C1CC1. The van der Waals surface area contributed by atoms with Crippen molar-refractivity contribution in [2.24, 2.45) is 0 Å². The average molecular weight is 348 g/mol. The predicted octanol–water partition coefficient (Wildman–Crippen LogP) is 4.31. The number of halogens is 3. The van der Waals surface area contributed by atoms with Gasteiger partial charge in [-0.15, -0.1) is 0 Å². The molecule has 1 amide bonds. The largest absolute Gasteiger partial charge is 0.396 e. The molecule has 0 spiro atoms. The highest BCUT2D eigenvalue weighted by atomic mass is 19.4. The van der Waals surface area contributed by atoms with E-state index in [1.807, 2.05) is 0 Å². The fraction of sp³-hybridized carbons (Fsp3) is 0.368. The van der Waals surface area contributed by atoms with Crippen LogP contribution in [0, 0.1) is 0 Å². The van der Waals surface area contributed by atoms with E-state index >= 15 is 0 Å². The molecule has 0 radical (unpaired) electrons. The fourth-order valence-electron chi connectivity index (χ4n) is 2.87. The minimum absolute atomic E-state index is 0.0270. The van der Waals surface area contributed by atoms with Gasteiger partial charge in [-0.25, -0.2) is 0 Å². The van der Waals surface area contributed by atoms with Gasteiger partial charge in [0.05, 0.1) is 18.2 Å². The maximum absolute atomic E-state index is 13.5. The Morgan fingerprint density at radius 2 is 1.80 bits per heavy atom. The number of pyridine rings is 1. The summed E-state index contributed by atoms with van der Waals surface area (Å²) in [6, 6.07) is 13.0. The summed E-state index contributed by atoms with van der Waals surface area (Å²) in [5, 5.41) is 0. The zero-order valence-electron chi connectivity index (χ0n) is 13.6. The molecule has 25 heavy (non-hydrogen) atoms. The van der Waals surface area contributed by atoms with E-state index in [4.69, 9.17) is 0 Å². The molecule has 1 atom stereocenters. The Bertz CT molecular complexity index is 700. The molecule has 2 aromatic rings. The van der Waals surface area contributed by atoms with E-state index in [2.05, 4.69) is 4.98 Å². The van der Waals surface area contributed by atoms with E-state index in [0.717, 1.165) is 12.8 Å². The Morgan fingerprint density at radius 3 is 2.36 bits per heavy atom. The third kappa shape index (κ3) is 4.59. The van der Waals surface area contributed by atoms with Crippen LogP contribution in [0.5, 0.6) is 0 Å². The van der Waals surface area contributed by atoms with Crippen LogP contribution in [-0.4, -0.2) is 28.0 Å². The molecule has 0 saturated heterocycles. The summed E-state index contributed by atoms with van der Waals surface area (Å²) in [5.41, 5.74) is 0.808. The van der Waals surface area contributed by atoms with Crippen molar-refractivity contribution >= 4 is 5.91 Å². The van der Waals surface area contributed by atoms with Crippen LogP contribution in [0.1, 0.15) is 36.4 Å². The van der Waals surface area contributed by atoms with Crippen LogP contribution in [0.4, 0.5) is 13.2 Å². The highest BCUT2D eigenvalue weighted by molar-refractivity contribution is 5.78. The summed E-state index contributed by atoms with van der Waals surface area (Å²) in [4.78, 5) is 18.4. The van der Waals surface area contributed by atoms with Crippen molar-refractivity contribution in [3.8, 4) is 0 Å². The normalized spacial score (nSPS) is 15.6. The molecule has 1 aliphatic carbocycles. The first kappa shape index (κ1) is 17.5. The zero-order chi connectivity index (χ0) is 17.9. The van der Waals surface area contributed by atoms with Crippen LogP contribution in [0.25, 0.3) is 0 Å². The van der Waals surface area contributed by atoms with Crippen molar-refractivity contribution in [1.29, 1.82) is 0 Å². The molecule has 0 N–H and O–H groups in total. The van der Waals surface area contributed by atoms with E-state index in [1.165, 1.54) is 12.1 Å². The Hall–Kier alpha value is -2.37. The number of carbonyl (C=O) groups is 1. The van der Waals surface area contributed by atoms with Crippen LogP contribution in [-0.2, 0) is 11.3 Å². The Labute approximate surface area is 144 Å². The molecule has 1 aliphatic rings. The molecule has 0 aliphatic heterocycles. The Balaban J connectivity index is 1.77. The third-order valence-electron chi connectivity index (χ3n) is 4.34. The first-order valence-electron chi connectivity index (χ1n) is 8.26. The number of benzene rings is 1. The van der Waals surface area contributed by atoms with Gasteiger partial charge in [0.1, 0.15) is 0 Å². The summed E-state index contributed by atoms with van der Waals surface area (Å²) >= 11 is 0. The van der Waals surface area contributed by atoms with Crippen molar-refractivity contribution < 1.29 is 18.0 Å². The van der Waals surface area contributed by atoms with Crippen molar-refractivity contribution in [3.63, 3.8) is 0 Å². The molecule has 6 heteroatoms. The minimum atomic E-state index is -4.46. The second-order valence-corrected chi connectivity index (χ2v) is 6.28. The van der Waals surface area contributed by atoms with E-state index in [9.17, 15) is 18.0 Å².